The number of carbonyl (C=O) groups excluding carboxylic acids is 1. The Morgan fingerprint density at radius 1 is 1.32 bits per heavy atom. The molecule has 0 spiro atoms. The molecular formula is C17H18F3N3O2. The van der Waals surface area contributed by atoms with Crippen LogP contribution in [-0.2, 0) is 7.05 Å². The Balaban J connectivity index is 2.09. The van der Waals surface area contributed by atoms with Gasteiger partial charge in [-0.05, 0) is 31.7 Å². The molecule has 1 aliphatic rings. The summed E-state index contributed by atoms with van der Waals surface area (Å²) in [6.07, 6.45) is -2.89. The van der Waals surface area contributed by atoms with Crippen LogP contribution in [0, 0.1) is 5.92 Å². The topological polar surface area (TPSA) is 55.2 Å². The number of amides is 1. The largest absolute Gasteiger partial charge is 0.406 e. The molecule has 2 aromatic rings. The molecule has 0 radical (unpaired) electrons. The van der Waals surface area contributed by atoms with Gasteiger partial charge in [-0.1, -0.05) is 18.2 Å². The summed E-state index contributed by atoms with van der Waals surface area (Å²) in [7, 11) is 1.38. The van der Waals surface area contributed by atoms with Crippen LogP contribution in [0.25, 0.3) is 10.8 Å². The van der Waals surface area contributed by atoms with Crippen LogP contribution in [0.4, 0.5) is 13.2 Å². The van der Waals surface area contributed by atoms with Gasteiger partial charge in [0.1, 0.15) is 6.54 Å². The van der Waals surface area contributed by atoms with Crippen LogP contribution in [0.1, 0.15) is 30.3 Å². The number of aromatic nitrogens is 2. The number of carbonyl (C=O) groups is 1. The smallest absolute Gasteiger partial charge is 0.325 e. The van der Waals surface area contributed by atoms with E-state index in [1.165, 1.54) is 19.2 Å². The Morgan fingerprint density at radius 3 is 2.48 bits per heavy atom. The van der Waals surface area contributed by atoms with E-state index in [0.717, 1.165) is 22.4 Å². The second-order valence-corrected chi connectivity index (χ2v) is 6.45. The van der Waals surface area contributed by atoms with Crippen molar-refractivity contribution in [3.05, 3.63) is 40.3 Å². The highest BCUT2D eigenvalue weighted by molar-refractivity contribution is 6.04. The van der Waals surface area contributed by atoms with Crippen molar-refractivity contribution in [2.24, 2.45) is 13.0 Å². The van der Waals surface area contributed by atoms with E-state index in [-0.39, 0.29) is 22.4 Å². The van der Waals surface area contributed by atoms with E-state index in [9.17, 15) is 22.8 Å². The molecule has 1 atom stereocenters. The molecule has 1 aliphatic carbocycles. The summed E-state index contributed by atoms with van der Waals surface area (Å²) in [5.41, 5.74) is -0.529. The van der Waals surface area contributed by atoms with Gasteiger partial charge in [-0.25, -0.2) is 4.68 Å². The van der Waals surface area contributed by atoms with Gasteiger partial charge in [-0.15, -0.1) is 0 Å². The van der Waals surface area contributed by atoms with Gasteiger partial charge in [0.05, 0.1) is 5.39 Å². The summed E-state index contributed by atoms with van der Waals surface area (Å²) >= 11 is 0. The van der Waals surface area contributed by atoms with Crippen LogP contribution in [0.15, 0.2) is 29.1 Å². The number of benzene rings is 1. The minimum Gasteiger partial charge on any atom is -0.325 e. The summed E-state index contributed by atoms with van der Waals surface area (Å²) in [5.74, 6) is -0.728. The van der Waals surface area contributed by atoms with Crippen LogP contribution < -0.4 is 5.56 Å². The second kappa shape index (κ2) is 6.16. The molecule has 25 heavy (non-hydrogen) atoms. The molecule has 8 heteroatoms. The molecule has 5 nitrogen and oxygen atoms in total. The van der Waals surface area contributed by atoms with E-state index in [1.54, 1.807) is 19.1 Å². The first-order valence-corrected chi connectivity index (χ1v) is 8.03. The fourth-order valence-corrected chi connectivity index (χ4v) is 3.02. The summed E-state index contributed by atoms with van der Waals surface area (Å²) in [6, 6.07) is 5.79. The third-order valence-corrected chi connectivity index (χ3v) is 4.57. The molecule has 0 unspecified atom stereocenters. The highest BCUT2D eigenvalue weighted by Crippen LogP contribution is 2.36. The van der Waals surface area contributed by atoms with Gasteiger partial charge in [0, 0.05) is 18.5 Å². The molecule has 1 aromatic carbocycles. The number of hydrogen-bond donors (Lipinski definition) is 0. The lowest BCUT2D eigenvalue weighted by Gasteiger charge is -2.30. The summed E-state index contributed by atoms with van der Waals surface area (Å²) in [5, 5.41) is 4.49. The monoisotopic (exact) mass is 353 g/mol. The molecule has 3 rings (SSSR count). The van der Waals surface area contributed by atoms with Gasteiger partial charge in [0.2, 0.25) is 0 Å². The molecular weight excluding hydrogens is 335 g/mol. The maximum absolute atomic E-state index is 13.0. The molecule has 1 heterocycles. The number of aryl methyl sites for hydroxylation is 1. The zero-order valence-corrected chi connectivity index (χ0v) is 13.9. The van der Waals surface area contributed by atoms with Gasteiger partial charge in [-0.3, -0.25) is 9.59 Å². The minimum atomic E-state index is -4.50. The molecule has 0 bridgehead atoms. The molecule has 1 amide bonds. The number of rotatable bonds is 4. The second-order valence-electron chi connectivity index (χ2n) is 6.45. The van der Waals surface area contributed by atoms with Crippen molar-refractivity contribution in [1.29, 1.82) is 0 Å². The molecule has 0 aliphatic heterocycles. The Hall–Kier alpha value is -2.38. The lowest BCUT2D eigenvalue weighted by molar-refractivity contribution is -0.144. The van der Waals surface area contributed by atoms with Gasteiger partial charge >= 0.3 is 6.18 Å². The van der Waals surface area contributed by atoms with Gasteiger partial charge in [-0.2, -0.15) is 18.3 Å². The Bertz CT molecular complexity index is 872. The average molecular weight is 353 g/mol. The van der Waals surface area contributed by atoms with Crippen LogP contribution in [-0.4, -0.2) is 39.4 Å². The van der Waals surface area contributed by atoms with Crippen molar-refractivity contribution in [2.45, 2.75) is 32.0 Å². The molecule has 0 N–H and O–H groups in total. The molecule has 0 saturated heterocycles. The van der Waals surface area contributed by atoms with E-state index >= 15 is 0 Å². The van der Waals surface area contributed by atoms with Gasteiger partial charge in [0.15, 0.2) is 5.69 Å². The van der Waals surface area contributed by atoms with Crippen LogP contribution in [0.3, 0.4) is 0 Å². The van der Waals surface area contributed by atoms with Crippen LogP contribution in [0.2, 0.25) is 0 Å². The van der Waals surface area contributed by atoms with E-state index in [4.69, 9.17) is 0 Å². The van der Waals surface area contributed by atoms with Crippen molar-refractivity contribution in [3.63, 3.8) is 0 Å². The number of alkyl halides is 3. The number of hydrogen-bond acceptors (Lipinski definition) is 3. The van der Waals surface area contributed by atoms with Crippen molar-refractivity contribution in [1.82, 2.24) is 14.7 Å². The standard InChI is InChI=1S/C17H18F3N3O2/c1-10(11-7-8-11)23(9-17(18,19)20)16(25)14-12-5-3-4-6-13(12)15(24)22(2)21-14/h3-6,10-11H,7-9H2,1-2H3/t10-/m1/s1. The van der Waals surface area contributed by atoms with Crippen molar-refractivity contribution in [3.8, 4) is 0 Å². The van der Waals surface area contributed by atoms with Gasteiger partial charge < -0.3 is 4.90 Å². The van der Waals surface area contributed by atoms with Crippen LogP contribution >= 0.6 is 0 Å². The van der Waals surface area contributed by atoms with E-state index in [2.05, 4.69) is 5.10 Å². The van der Waals surface area contributed by atoms with E-state index in [1.807, 2.05) is 0 Å². The quantitative estimate of drug-likeness (QED) is 0.849. The third-order valence-electron chi connectivity index (χ3n) is 4.57. The first kappa shape index (κ1) is 17.4. The summed E-state index contributed by atoms with van der Waals surface area (Å²) in [6.45, 7) is 0.299. The summed E-state index contributed by atoms with van der Waals surface area (Å²) < 4.78 is 40.0. The first-order chi connectivity index (χ1) is 11.7. The minimum absolute atomic E-state index is 0.0742. The Kier molecular flexibility index (Phi) is 4.30. The van der Waals surface area contributed by atoms with E-state index < -0.39 is 30.2 Å². The van der Waals surface area contributed by atoms with Crippen LogP contribution in [0.5, 0.6) is 0 Å². The lowest BCUT2D eigenvalue weighted by atomic mass is 10.1. The van der Waals surface area contributed by atoms with Crippen molar-refractivity contribution < 1.29 is 18.0 Å². The molecule has 1 saturated carbocycles. The Morgan fingerprint density at radius 2 is 1.92 bits per heavy atom. The predicted molar refractivity (Wildman–Crippen MR) is 86.3 cm³/mol. The van der Waals surface area contributed by atoms with Gasteiger partial charge in [0.25, 0.3) is 11.5 Å². The number of nitrogens with zero attached hydrogens (tertiary/aromatic N) is 3. The van der Waals surface area contributed by atoms with Crippen molar-refractivity contribution in [2.75, 3.05) is 6.54 Å². The fraction of sp³-hybridized carbons (Fsp3) is 0.471. The predicted octanol–water partition coefficient (Wildman–Crippen LogP) is 2.74. The SMILES string of the molecule is C[C@H](C1CC1)N(CC(F)(F)F)C(=O)c1nn(C)c(=O)c2ccccc12. The highest BCUT2D eigenvalue weighted by atomic mass is 19.4. The lowest BCUT2D eigenvalue weighted by Crippen LogP contribution is -2.46. The third kappa shape index (κ3) is 3.52. The van der Waals surface area contributed by atoms with E-state index in [0.29, 0.717) is 0 Å². The maximum Gasteiger partial charge on any atom is 0.406 e. The maximum atomic E-state index is 13.0. The molecule has 1 aromatic heterocycles. The molecule has 1 fully saturated rings. The fourth-order valence-electron chi connectivity index (χ4n) is 3.02. The first-order valence-electron chi connectivity index (χ1n) is 8.03. The highest BCUT2D eigenvalue weighted by Gasteiger charge is 2.41. The number of halogens is 3. The molecule has 134 valence electrons. The average Bonchev–Trinajstić information content (AvgIpc) is 3.39. The normalized spacial score (nSPS) is 16.0. The number of fused-ring (bicyclic) bond motifs is 1. The summed E-state index contributed by atoms with van der Waals surface area (Å²) in [4.78, 5) is 25.9. The zero-order valence-electron chi connectivity index (χ0n) is 13.9. The zero-order chi connectivity index (χ0) is 18.4. The Labute approximate surface area is 142 Å². The van der Waals surface area contributed by atoms with Crippen molar-refractivity contribution >= 4 is 16.7 Å².